The molecule has 0 bridgehead atoms. The number of carbonyl (C=O) groups is 1. The lowest BCUT2D eigenvalue weighted by atomic mass is 9.93. The van der Waals surface area contributed by atoms with Gasteiger partial charge in [-0.05, 0) is 43.2 Å². The molecule has 2 aromatic rings. The molecule has 2 aliphatic heterocycles. The van der Waals surface area contributed by atoms with E-state index in [1.807, 2.05) is 6.07 Å². The number of hydrogen-bond acceptors (Lipinski definition) is 4. The van der Waals surface area contributed by atoms with Crippen LogP contribution in [0.2, 0.25) is 10.0 Å². The molecule has 29 heavy (non-hydrogen) atoms. The molecule has 2 aromatic carbocycles. The normalized spacial score (nSPS) is 20.9. The van der Waals surface area contributed by atoms with Crippen LogP contribution in [0.5, 0.6) is 11.5 Å². The third kappa shape index (κ3) is 3.43. The van der Waals surface area contributed by atoms with E-state index in [9.17, 15) is 4.79 Å². The molecule has 0 radical (unpaired) electrons. The van der Waals surface area contributed by atoms with E-state index in [2.05, 4.69) is 4.90 Å². The van der Waals surface area contributed by atoms with E-state index in [0.717, 1.165) is 17.9 Å². The first-order chi connectivity index (χ1) is 14.1. The molecule has 5 rings (SSSR count). The minimum atomic E-state index is -0.159. The van der Waals surface area contributed by atoms with Gasteiger partial charge >= 0.3 is 0 Å². The molecule has 1 fully saturated rings. The van der Waals surface area contributed by atoms with Crippen molar-refractivity contribution in [1.29, 1.82) is 0 Å². The second-order valence-corrected chi connectivity index (χ2v) is 8.62. The Balaban J connectivity index is 1.48. The van der Waals surface area contributed by atoms with Crippen LogP contribution < -0.4 is 9.47 Å². The van der Waals surface area contributed by atoms with Crippen molar-refractivity contribution < 1.29 is 14.3 Å². The number of rotatable bonds is 2. The average molecular weight is 430 g/mol. The number of benzene rings is 2. The van der Waals surface area contributed by atoms with Crippen LogP contribution in [0.25, 0.3) is 6.08 Å². The summed E-state index contributed by atoms with van der Waals surface area (Å²) in [4.78, 5) is 15.3. The summed E-state index contributed by atoms with van der Waals surface area (Å²) in [6.07, 6.45) is 7.87. The summed E-state index contributed by atoms with van der Waals surface area (Å²) in [5.74, 6) is 1.47. The molecule has 0 saturated heterocycles. The molecular formula is C23H21Cl2NO3. The molecular weight excluding hydrogens is 409 g/mol. The predicted octanol–water partition coefficient (Wildman–Crippen LogP) is 6.09. The second-order valence-electron chi connectivity index (χ2n) is 7.81. The van der Waals surface area contributed by atoms with Crippen molar-refractivity contribution in [3.05, 3.63) is 62.8 Å². The molecule has 6 heteroatoms. The maximum absolute atomic E-state index is 13.0. The smallest absolute Gasteiger partial charge is 0.231 e. The third-order valence-electron chi connectivity index (χ3n) is 6.01. The van der Waals surface area contributed by atoms with Gasteiger partial charge in [-0.1, -0.05) is 48.5 Å². The molecule has 0 spiro atoms. The van der Waals surface area contributed by atoms with E-state index in [-0.39, 0.29) is 11.5 Å². The molecule has 0 unspecified atom stereocenters. The standard InChI is InChI=1S/C23H21Cl2NO3/c24-18-7-4-8-19(25)16(18)11-21-22(27)15-9-10-20-17(23(15)29-21)12-26(13-28-20)14-5-2-1-3-6-14/h4,7-11,14H,1-3,5-6,12-13H2/b21-11-. The SMILES string of the molecule is O=C1/C(=C/c2c(Cl)cccc2Cl)Oc2c1ccc1c2CN(C2CCCCC2)CO1. The highest BCUT2D eigenvalue weighted by Crippen LogP contribution is 2.43. The molecule has 4 nitrogen and oxygen atoms in total. The maximum Gasteiger partial charge on any atom is 0.231 e. The van der Waals surface area contributed by atoms with Gasteiger partial charge in [0, 0.05) is 28.2 Å². The van der Waals surface area contributed by atoms with Crippen LogP contribution in [-0.2, 0) is 6.54 Å². The summed E-state index contributed by atoms with van der Waals surface area (Å²) in [5.41, 5.74) is 2.09. The number of ether oxygens (including phenoxy) is 2. The van der Waals surface area contributed by atoms with Crippen LogP contribution in [0.4, 0.5) is 0 Å². The van der Waals surface area contributed by atoms with Crippen molar-refractivity contribution in [3.63, 3.8) is 0 Å². The van der Waals surface area contributed by atoms with E-state index >= 15 is 0 Å². The lowest BCUT2D eigenvalue weighted by Crippen LogP contribution is -2.41. The van der Waals surface area contributed by atoms with E-state index < -0.39 is 0 Å². The van der Waals surface area contributed by atoms with E-state index in [4.69, 9.17) is 32.7 Å². The molecule has 2 heterocycles. The topological polar surface area (TPSA) is 38.8 Å². The zero-order chi connectivity index (χ0) is 20.0. The molecule has 0 aromatic heterocycles. The Bertz CT molecular complexity index is 991. The average Bonchev–Trinajstić information content (AvgIpc) is 3.07. The lowest BCUT2D eigenvalue weighted by molar-refractivity contribution is 0.0394. The fourth-order valence-corrected chi connectivity index (χ4v) is 4.94. The van der Waals surface area contributed by atoms with Crippen molar-refractivity contribution in [2.45, 2.75) is 44.7 Å². The Hall–Kier alpha value is -2.01. The highest BCUT2D eigenvalue weighted by atomic mass is 35.5. The van der Waals surface area contributed by atoms with Crippen molar-refractivity contribution >= 4 is 35.1 Å². The van der Waals surface area contributed by atoms with Crippen molar-refractivity contribution in [2.75, 3.05) is 6.73 Å². The first-order valence-electron chi connectivity index (χ1n) is 10.0. The van der Waals surface area contributed by atoms with Crippen molar-refractivity contribution in [2.24, 2.45) is 0 Å². The quantitative estimate of drug-likeness (QED) is 0.540. The number of allylic oxidation sites excluding steroid dienone is 1. The van der Waals surface area contributed by atoms with Gasteiger partial charge in [-0.15, -0.1) is 0 Å². The number of hydrogen-bond donors (Lipinski definition) is 0. The summed E-state index contributed by atoms with van der Waals surface area (Å²) in [7, 11) is 0. The number of carbonyl (C=O) groups excluding carboxylic acids is 1. The van der Waals surface area contributed by atoms with Crippen molar-refractivity contribution in [1.82, 2.24) is 4.90 Å². The van der Waals surface area contributed by atoms with E-state index in [0.29, 0.717) is 39.7 Å². The largest absolute Gasteiger partial charge is 0.478 e. The fraction of sp³-hybridized carbons (Fsp3) is 0.348. The minimum Gasteiger partial charge on any atom is -0.478 e. The lowest BCUT2D eigenvalue weighted by Gasteiger charge is -2.37. The van der Waals surface area contributed by atoms with Gasteiger partial charge in [0.1, 0.15) is 18.2 Å². The number of ketones is 1. The molecule has 0 N–H and O–H groups in total. The van der Waals surface area contributed by atoms with Crippen LogP contribution in [0.1, 0.15) is 53.6 Å². The maximum atomic E-state index is 13.0. The van der Waals surface area contributed by atoms with Gasteiger partial charge in [0.2, 0.25) is 5.78 Å². The Morgan fingerprint density at radius 3 is 2.55 bits per heavy atom. The number of fused-ring (bicyclic) bond motifs is 3. The Morgan fingerprint density at radius 1 is 1.03 bits per heavy atom. The van der Waals surface area contributed by atoms with Gasteiger partial charge in [0.15, 0.2) is 5.76 Å². The van der Waals surface area contributed by atoms with Crippen LogP contribution in [0.3, 0.4) is 0 Å². The van der Waals surface area contributed by atoms with Crippen LogP contribution in [0, 0.1) is 0 Å². The van der Waals surface area contributed by atoms with Gasteiger partial charge < -0.3 is 9.47 Å². The summed E-state index contributed by atoms with van der Waals surface area (Å²) in [6.45, 7) is 1.32. The van der Waals surface area contributed by atoms with Crippen molar-refractivity contribution in [3.8, 4) is 11.5 Å². The second kappa shape index (κ2) is 7.67. The van der Waals surface area contributed by atoms with Gasteiger partial charge in [-0.2, -0.15) is 0 Å². The summed E-state index contributed by atoms with van der Waals surface area (Å²) >= 11 is 12.5. The van der Waals surface area contributed by atoms with Gasteiger partial charge in [-0.25, -0.2) is 0 Å². The Kier molecular flexibility index (Phi) is 5.02. The minimum absolute atomic E-state index is 0.159. The molecule has 0 atom stereocenters. The predicted molar refractivity (Wildman–Crippen MR) is 114 cm³/mol. The first-order valence-corrected chi connectivity index (χ1v) is 10.8. The number of halogens is 2. The first kappa shape index (κ1) is 19.0. The monoisotopic (exact) mass is 429 g/mol. The van der Waals surface area contributed by atoms with Gasteiger partial charge in [-0.3, -0.25) is 9.69 Å². The Labute approximate surface area is 180 Å². The highest BCUT2D eigenvalue weighted by Gasteiger charge is 2.35. The van der Waals surface area contributed by atoms with Gasteiger partial charge in [0.25, 0.3) is 0 Å². The number of Topliss-reactive ketones (excluding diaryl/α,β-unsaturated/α-hetero) is 1. The van der Waals surface area contributed by atoms with Crippen LogP contribution in [0.15, 0.2) is 36.1 Å². The third-order valence-corrected chi connectivity index (χ3v) is 6.67. The molecule has 150 valence electrons. The molecule has 0 amide bonds. The Morgan fingerprint density at radius 2 is 1.79 bits per heavy atom. The summed E-state index contributed by atoms with van der Waals surface area (Å²) < 4.78 is 12.1. The summed E-state index contributed by atoms with van der Waals surface area (Å²) in [6, 6.07) is 9.43. The van der Waals surface area contributed by atoms with E-state index in [1.165, 1.54) is 32.1 Å². The fourth-order valence-electron chi connectivity index (χ4n) is 4.44. The highest BCUT2D eigenvalue weighted by molar-refractivity contribution is 6.37. The zero-order valence-electron chi connectivity index (χ0n) is 15.9. The number of nitrogens with zero attached hydrogens (tertiary/aromatic N) is 1. The van der Waals surface area contributed by atoms with Crippen LogP contribution in [-0.4, -0.2) is 23.5 Å². The molecule has 1 aliphatic carbocycles. The van der Waals surface area contributed by atoms with Gasteiger partial charge in [0.05, 0.1) is 11.1 Å². The van der Waals surface area contributed by atoms with E-state index in [1.54, 1.807) is 30.3 Å². The zero-order valence-corrected chi connectivity index (χ0v) is 17.4. The summed E-state index contributed by atoms with van der Waals surface area (Å²) in [5, 5.41) is 0.956. The molecule has 3 aliphatic rings. The van der Waals surface area contributed by atoms with Crippen LogP contribution >= 0.6 is 23.2 Å². The molecule has 1 saturated carbocycles.